The molecule has 2 rings (SSSR count). The number of hydrogen-bond acceptors (Lipinski definition) is 3. The number of hydrogen-bond donors (Lipinski definition) is 0. The number of rotatable bonds is 4. The summed E-state index contributed by atoms with van der Waals surface area (Å²) in [6, 6.07) is 3.90. The summed E-state index contributed by atoms with van der Waals surface area (Å²) >= 11 is 0. The smallest absolute Gasteiger partial charge is 0.241 e. The Morgan fingerprint density at radius 3 is 3.00 bits per heavy atom. The van der Waals surface area contributed by atoms with E-state index in [-0.39, 0.29) is 5.91 Å². The number of pyridine rings is 1. The summed E-state index contributed by atoms with van der Waals surface area (Å²) in [6.45, 7) is 3.80. The quantitative estimate of drug-likeness (QED) is 0.775. The topological polar surface area (TPSA) is 36.4 Å². The van der Waals surface area contributed by atoms with E-state index in [1.807, 2.05) is 22.2 Å². The first kappa shape index (κ1) is 10.9. The maximum absolute atomic E-state index is 11.7. The van der Waals surface area contributed by atoms with Crippen LogP contribution in [0.3, 0.4) is 0 Å². The highest BCUT2D eigenvalue weighted by Gasteiger charge is 2.26. The first-order chi connectivity index (χ1) is 7.83. The Morgan fingerprint density at radius 1 is 1.56 bits per heavy atom. The van der Waals surface area contributed by atoms with Gasteiger partial charge in [-0.1, -0.05) is 6.92 Å². The number of aromatic nitrogens is 1. The fourth-order valence-corrected chi connectivity index (χ4v) is 2.00. The number of hydrazine groups is 1. The Hall–Kier alpha value is -1.58. The molecule has 0 unspecified atom stereocenters. The number of carbonyl (C=O) groups excluding carboxylic acids is 1. The van der Waals surface area contributed by atoms with Crippen LogP contribution in [-0.4, -0.2) is 29.0 Å². The van der Waals surface area contributed by atoms with Crippen LogP contribution in [0.4, 0.5) is 5.69 Å². The predicted octanol–water partition coefficient (Wildman–Crippen LogP) is 1.84. The van der Waals surface area contributed by atoms with Crippen molar-refractivity contribution in [2.45, 2.75) is 26.2 Å². The third kappa shape index (κ3) is 2.15. The second-order valence-corrected chi connectivity index (χ2v) is 3.95. The van der Waals surface area contributed by atoms with Gasteiger partial charge in [0.15, 0.2) is 0 Å². The molecule has 16 heavy (non-hydrogen) atoms. The van der Waals surface area contributed by atoms with Crippen LogP contribution in [0, 0.1) is 0 Å². The van der Waals surface area contributed by atoms with Crippen LogP contribution in [0.15, 0.2) is 24.5 Å². The van der Waals surface area contributed by atoms with Crippen molar-refractivity contribution in [2.75, 3.05) is 18.1 Å². The van der Waals surface area contributed by atoms with Crippen molar-refractivity contribution in [3.63, 3.8) is 0 Å². The molecule has 1 amide bonds. The minimum atomic E-state index is 0.220. The van der Waals surface area contributed by atoms with Crippen molar-refractivity contribution >= 4 is 11.6 Å². The molecular weight excluding hydrogens is 202 g/mol. The maximum atomic E-state index is 11.7. The van der Waals surface area contributed by atoms with Crippen LogP contribution in [-0.2, 0) is 4.79 Å². The molecule has 0 bridgehead atoms. The van der Waals surface area contributed by atoms with E-state index >= 15 is 0 Å². The molecule has 4 heteroatoms. The third-order valence-electron chi connectivity index (χ3n) is 2.72. The van der Waals surface area contributed by atoms with Gasteiger partial charge in [0, 0.05) is 25.7 Å². The van der Waals surface area contributed by atoms with Gasteiger partial charge in [0.1, 0.15) is 0 Å². The highest BCUT2D eigenvalue weighted by atomic mass is 16.2. The fraction of sp³-hybridized carbons (Fsp3) is 0.500. The summed E-state index contributed by atoms with van der Waals surface area (Å²) in [4.78, 5) is 15.8. The van der Waals surface area contributed by atoms with Gasteiger partial charge in [-0.05, 0) is 25.0 Å². The number of nitrogens with zero attached hydrogens (tertiary/aromatic N) is 3. The van der Waals surface area contributed by atoms with Crippen molar-refractivity contribution in [1.82, 2.24) is 9.99 Å². The Balaban J connectivity index is 2.20. The van der Waals surface area contributed by atoms with Crippen LogP contribution in [0.25, 0.3) is 0 Å². The highest BCUT2D eigenvalue weighted by Crippen LogP contribution is 2.20. The summed E-state index contributed by atoms with van der Waals surface area (Å²) < 4.78 is 0. The molecule has 4 nitrogen and oxygen atoms in total. The van der Waals surface area contributed by atoms with Gasteiger partial charge in [-0.3, -0.25) is 19.8 Å². The molecule has 1 aliphatic rings. The van der Waals surface area contributed by atoms with E-state index in [0.717, 1.165) is 31.6 Å². The summed E-state index contributed by atoms with van der Waals surface area (Å²) in [7, 11) is 0. The van der Waals surface area contributed by atoms with Crippen LogP contribution in [0.2, 0.25) is 0 Å². The van der Waals surface area contributed by atoms with Gasteiger partial charge in [0.05, 0.1) is 11.9 Å². The predicted molar refractivity (Wildman–Crippen MR) is 62.8 cm³/mol. The van der Waals surface area contributed by atoms with E-state index in [1.165, 1.54) is 0 Å². The van der Waals surface area contributed by atoms with Crippen LogP contribution >= 0.6 is 0 Å². The molecule has 1 fully saturated rings. The Morgan fingerprint density at radius 2 is 2.44 bits per heavy atom. The molecular formula is C12H17N3O. The number of carbonyl (C=O) groups is 1. The SMILES string of the molecule is CCCN(c1cccnc1)N1CCCC1=O. The monoisotopic (exact) mass is 219 g/mol. The summed E-state index contributed by atoms with van der Waals surface area (Å²) in [5.41, 5.74) is 1.000. The largest absolute Gasteiger partial charge is 0.281 e. The average Bonchev–Trinajstić information content (AvgIpc) is 2.73. The first-order valence-corrected chi connectivity index (χ1v) is 5.80. The zero-order chi connectivity index (χ0) is 11.4. The van der Waals surface area contributed by atoms with E-state index < -0.39 is 0 Å². The Kier molecular flexibility index (Phi) is 3.39. The molecule has 86 valence electrons. The summed E-state index contributed by atoms with van der Waals surface area (Å²) in [5, 5.41) is 3.89. The van der Waals surface area contributed by atoms with Crippen molar-refractivity contribution in [1.29, 1.82) is 0 Å². The van der Waals surface area contributed by atoms with E-state index in [1.54, 1.807) is 12.4 Å². The normalized spacial score (nSPS) is 15.6. The van der Waals surface area contributed by atoms with E-state index in [2.05, 4.69) is 11.9 Å². The minimum Gasteiger partial charge on any atom is -0.281 e. The summed E-state index contributed by atoms with van der Waals surface area (Å²) in [6.07, 6.45) is 6.19. The lowest BCUT2D eigenvalue weighted by molar-refractivity contribution is -0.128. The zero-order valence-corrected chi connectivity index (χ0v) is 9.59. The van der Waals surface area contributed by atoms with Crippen LogP contribution < -0.4 is 5.01 Å². The van der Waals surface area contributed by atoms with E-state index in [9.17, 15) is 4.79 Å². The first-order valence-electron chi connectivity index (χ1n) is 5.80. The summed E-state index contributed by atoms with van der Waals surface area (Å²) in [5.74, 6) is 0.220. The minimum absolute atomic E-state index is 0.220. The number of anilines is 1. The van der Waals surface area contributed by atoms with Gasteiger partial charge in [0.2, 0.25) is 5.91 Å². The molecule has 0 saturated carbocycles. The lowest BCUT2D eigenvalue weighted by Gasteiger charge is -2.33. The highest BCUT2D eigenvalue weighted by molar-refractivity contribution is 5.80. The zero-order valence-electron chi connectivity index (χ0n) is 9.59. The molecule has 0 N–H and O–H groups in total. The van der Waals surface area contributed by atoms with Gasteiger partial charge < -0.3 is 0 Å². The maximum Gasteiger partial charge on any atom is 0.241 e. The molecule has 0 spiro atoms. The van der Waals surface area contributed by atoms with Gasteiger partial charge in [-0.2, -0.15) is 0 Å². The molecule has 1 aromatic heterocycles. The van der Waals surface area contributed by atoms with E-state index in [4.69, 9.17) is 0 Å². The van der Waals surface area contributed by atoms with Gasteiger partial charge in [-0.25, -0.2) is 0 Å². The van der Waals surface area contributed by atoms with Gasteiger partial charge in [0.25, 0.3) is 0 Å². The lowest BCUT2D eigenvalue weighted by atomic mass is 10.3. The standard InChI is InChI=1S/C12H17N3O/c1-2-8-14(11-5-3-7-13-10-11)15-9-4-6-12(15)16/h3,5,7,10H,2,4,6,8-9H2,1H3. The van der Waals surface area contributed by atoms with Crippen LogP contribution in [0.1, 0.15) is 26.2 Å². The average molecular weight is 219 g/mol. The molecule has 0 aliphatic carbocycles. The van der Waals surface area contributed by atoms with Crippen molar-refractivity contribution < 1.29 is 4.79 Å². The van der Waals surface area contributed by atoms with Gasteiger partial charge in [-0.15, -0.1) is 0 Å². The lowest BCUT2D eigenvalue weighted by Crippen LogP contribution is -2.44. The van der Waals surface area contributed by atoms with Gasteiger partial charge >= 0.3 is 0 Å². The second-order valence-electron chi connectivity index (χ2n) is 3.95. The Bertz CT molecular complexity index is 353. The fourth-order valence-electron chi connectivity index (χ4n) is 2.00. The Labute approximate surface area is 95.9 Å². The molecule has 1 aromatic rings. The van der Waals surface area contributed by atoms with E-state index in [0.29, 0.717) is 6.42 Å². The second kappa shape index (κ2) is 4.96. The van der Waals surface area contributed by atoms with Crippen molar-refractivity contribution in [3.05, 3.63) is 24.5 Å². The molecule has 0 atom stereocenters. The van der Waals surface area contributed by atoms with Crippen LogP contribution in [0.5, 0.6) is 0 Å². The molecule has 0 radical (unpaired) electrons. The molecule has 1 saturated heterocycles. The third-order valence-corrected chi connectivity index (χ3v) is 2.72. The molecule has 0 aromatic carbocycles. The van der Waals surface area contributed by atoms with Crippen molar-refractivity contribution in [3.8, 4) is 0 Å². The number of amides is 1. The molecule has 1 aliphatic heterocycles. The molecule has 2 heterocycles. The van der Waals surface area contributed by atoms with Crippen molar-refractivity contribution in [2.24, 2.45) is 0 Å².